The van der Waals surface area contributed by atoms with E-state index in [4.69, 9.17) is 6.42 Å². The van der Waals surface area contributed by atoms with Gasteiger partial charge in [0, 0.05) is 6.04 Å². The van der Waals surface area contributed by atoms with E-state index in [-0.39, 0.29) is 6.04 Å². The lowest BCUT2D eigenvalue weighted by molar-refractivity contribution is 0.665. The molecule has 0 bridgehead atoms. The zero-order chi connectivity index (χ0) is 8.69. The first kappa shape index (κ1) is 10.4. The van der Waals surface area contributed by atoms with Crippen molar-refractivity contribution in [1.29, 1.82) is 0 Å². The van der Waals surface area contributed by atoms with Crippen LogP contribution in [-0.4, -0.2) is 18.1 Å². The molecular formula is C9H15NS. The first-order chi connectivity index (χ1) is 5.22. The highest BCUT2D eigenvalue weighted by atomic mass is 32.2. The summed E-state index contributed by atoms with van der Waals surface area (Å²) in [6.07, 6.45) is 8.27. The molecule has 62 valence electrons. The minimum atomic E-state index is 0.285. The Morgan fingerprint density at radius 2 is 2.45 bits per heavy atom. The zero-order valence-corrected chi connectivity index (χ0v) is 8.00. The van der Waals surface area contributed by atoms with Crippen LogP contribution in [0.5, 0.6) is 0 Å². The van der Waals surface area contributed by atoms with Crippen molar-refractivity contribution < 1.29 is 0 Å². The third-order valence-electron chi connectivity index (χ3n) is 1.46. The molecule has 2 heteroatoms. The summed E-state index contributed by atoms with van der Waals surface area (Å²) in [6.45, 7) is 5.86. The van der Waals surface area contributed by atoms with Crippen molar-refractivity contribution >= 4 is 11.8 Å². The number of hydrogen-bond acceptors (Lipinski definition) is 2. The molecule has 1 N–H and O–H groups in total. The molecule has 0 saturated carbocycles. The van der Waals surface area contributed by atoms with Crippen molar-refractivity contribution in [2.24, 2.45) is 0 Å². The summed E-state index contributed by atoms with van der Waals surface area (Å²) in [6, 6.07) is 2.72. The molecule has 0 rings (SSSR count). The van der Waals surface area contributed by atoms with Crippen molar-refractivity contribution in [1.82, 2.24) is 5.32 Å². The first-order valence-corrected chi connectivity index (χ1v) is 4.97. The van der Waals surface area contributed by atoms with Crippen LogP contribution in [0, 0.1) is 12.5 Å². The van der Waals surface area contributed by atoms with E-state index >= 15 is 0 Å². The molecule has 1 nitrogen and oxygen atoms in total. The van der Waals surface area contributed by atoms with E-state index in [1.807, 2.05) is 18.7 Å². The fraction of sp³-hybridized carbons (Fsp3) is 0.556. The molecule has 0 saturated heterocycles. The van der Waals surface area contributed by atoms with Crippen molar-refractivity contribution in [3.05, 3.63) is 12.2 Å². The fourth-order valence-electron chi connectivity index (χ4n) is 0.778. The molecule has 0 amide bonds. The van der Waals surface area contributed by atoms with Gasteiger partial charge >= 0.3 is 0 Å². The van der Waals surface area contributed by atoms with Gasteiger partial charge in [0.1, 0.15) is 0 Å². The van der Waals surface area contributed by atoms with Crippen LogP contribution in [0.3, 0.4) is 0 Å². The lowest BCUT2D eigenvalue weighted by atomic mass is 10.1. The fourth-order valence-corrected chi connectivity index (χ4v) is 1.25. The summed E-state index contributed by atoms with van der Waals surface area (Å²) < 4.78 is 0. The van der Waals surface area contributed by atoms with Gasteiger partial charge < -0.3 is 5.32 Å². The maximum atomic E-state index is 5.13. The predicted molar refractivity (Wildman–Crippen MR) is 53.6 cm³/mol. The third kappa shape index (κ3) is 4.80. The number of thioether (sulfide) groups is 1. The van der Waals surface area contributed by atoms with Gasteiger partial charge in [-0.2, -0.15) is 11.8 Å². The SMILES string of the molecule is C#CN[C@@H](CCSC)C(=C)C. The average Bonchev–Trinajstić information content (AvgIpc) is 1.97. The largest absolute Gasteiger partial charge is 0.339 e. The Bertz CT molecular complexity index is 157. The van der Waals surface area contributed by atoms with E-state index in [1.165, 1.54) is 0 Å². The molecular weight excluding hydrogens is 154 g/mol. The van der Waals surface area contributed by atoms with E-state index in [0.29, 0.717) is 0 Å². The summed E-state index contributed by atoms with van der Waals surface area (Å²) >= 11 is 1.82. The lowest BCUT2D eigenvalue weighted by Crippen LogP contribution is -2.25. The molecule has 1 atom stereocenters. The topological polar surface area (TPSA) is 12.0 Å². The Balaban J connectivity index is 3.72. The Hall–Kier alpha value is -0.550. The minimum Gasteiger partial charge on any atom is -0.339 e. The van der Waals surface area contributed by atoms with Gasteiger partial charge in [0.25, 0.3) is 0 Å². The maximum Gasteiger partial charge on any atom is 0.0552 e. The standard InChI is InChI=1S/C9H15NS/c1-5-10-9(8(2)3)6-7-11-4/h1,9-10H,2,6-7H2,3-4H3/t9-/m0/s1. The van der Waals surface area contributed by atoms with Crippen LogP contribution < -0.4 is 5.32 Å². The molecule has 0 fully saturated rings. The van der Waals surface area contributed by atoms with Crippen molar-refractivity contribution in [2.45, 2.75) is 19.4 Å². The van der Waals surface area contributed by atoms with Crippen molar-refractivity contribution in [3.8, 4) is 12.5 Å². The smallest absolute Gasteiger partial charge is 0.0552 e. The number of terminal acetylenes is 1. The molecule has 11 heavy (non-hydrogen) atoms. The van der Waals surface area contributed by atoms with Crippen molar-refractivity contribution in [2.75, 3.05) is 12.0 Å². The van der Waals surface area contributed by atoms with Gasteiger partial charge in [0.05, 0.1) is 6.04 Å². The molecule has 0 heterocycles. The van der Waals surface area contributed by atoms with Crippen LogP contribution >= 0.6 is 11.8 Å². The van der Waals surface area contributed by atoms with Gasteiger partial charge in [0.15, 0.2) is 0 Å². The molecule has 0 aliphatic heterocycles. The van der Waals surface area contributed by atoms with Crippen molar-refractivity contribution in [3.63, 3.8) is 0 Å². The zero-order valence-electron chi connectivity index (χ0n) is 7.18. The highest BCUT2D eigenvalue weighted by Gasteiger charge is 2.05. The minimum absolute atomic E-state index is 0.285. The molecule has 0 aromatic carbocycles. The number of rotatable bonds is 5. The van der Waals surface area contributed by atoms with E-state index < -0.39 is 0 Å². The van der Waals surface area contributed by atoms with Crippen LogP contribution in [0.1, 0.15) is 13.3 Å². The van der Waals surface area contributed by atoms with Crippen LogP contribution in [-0.2, 0) is 0 Å². The van der Waals surface area contributed by atoms with E-state index in [0.717, 1.165) is 17.7 Å². The van der Waals surface area contributed by atoms with E-state index in [1.54, 1.807) is 0 Å². The Morgan fingerprint density at radius 1 is 1.82 bits per heavy atom. The molecule has 0 aromatic rings. The third-order valence-corrected chi connectivity index (χ3v) is 2.11. The number of hydrogen-bond donors (Lipinski definition) is 1. The van der Waals surface area contributed by atoms with Crippen LogP contribution in [0.25, 0.3) is 0 Å². The van der Waals surface area contributed by atoms with Gasteiger partial charge in [-0.1, -0.05) is 18.6 Å². The number of nitrogens with one attached hydrogen (secondary N) is 1. The highest BCUT2D eigenvalue weighted by Crippen LogP contribution is 2.06. The molecule has 0 aromatic heterocycles. The molecule has 0 aliphatic rings. The normalized spacial score (nSPS) is 11.7. The van der Waals surface area contributed by atoms with Gasteiger partial charge in [-0.05, 0) is 25.4 Å². The summed E-state index contributed by atoms with van der Waals surface area (Å²) in [4.78, 5) is 0. The van der Waals surface area contributed by atoms with Crippen LogP contribution in [0.2, 0.25) is 0 Å². The monoisotopic (exact) mass is 169 g/mol. The Labute approximate surface area is 73.6 Å². The molecule has 0 radical (unpaired) electrons. The van der Waals surface area contributed by atoms with E-state index in [2.05, 4.69) is 24.2 Å². The second-order valence-electron chi connectivity index (χ2n) is 2.47. The highest BCUT2D eigenvalue weighted by molar-refractivity contribution is 7.98. The van der Waals surface area contributed by atoms with Gasteiger partial charge in [-0.15, -0.1) is 0 Å². The summed E-state index contributed by atoms with van der Waals surface area (Å²) in [7, 11) is 0. The van der Waals surface area contributed by atoms with Gasteiger partial charge in [-0.25, -0.2) is 0 Å². The maximum absolute atomic E-state index is 5.13. The second kappa shape index (κ2) is 6.18. The molecule has 0 spiro atoms. The quantitative estimate of drug-likeness (QED) is 0.383. The van der Waals surface area contributed by atoms with Gasteiger partial charge in [0.2, 0.25) is 0 Å². The average molecular weight is 169 g/mol. The van der Waals surface area contributed by atoms with E-state index in [9.17, 15) is 0 Å². The van der Waals surface area contributed by atoms with Gasteiger partial charge in [-0.3, -0.25) is 0 Å². The summed E-state index contributed by atoms with van der Waals surface area (Å²) in [5, 5.41) is 2.93. The first-order valence-electron chi connectivity index (χ1n) is 3.57. The van der Waals surface area contributed by atoms with Crippen LogP contribution in [0.4, 0.5) is 0 Å². The lowest BCUT2D eigenvalue weighted by Gasteiger charge is -2.14. The second-order valence-corrected chi connectivity index (χ2v) is 3.45. The predicted octanol–water partition coefficient (Wildman–Crippen LogP) is 1.86. The molecule has 0 unspecified atom stereocenters. The summed E-state index contributed by atoms with van der Waals surface area (Å²) in [5.41, 5.74) is 1.11. The Morgan fingerprint density at radius 3 is 2.82 bits per heavy atom. The van der Waals surface area contributed by atoms with Crippen LogP contribution in [0.15, 0.2) is 12.2 Å². The Kier molecular flexibility index (Phi) is 5.87. The summed E-state index contributed by atoms with van der Waals surface area (Å²) in [5.74, 6) is 1.12. The molecule has 0 aliphatic carbocycles.